The van der Waals surface area contributed by atoms with E-state index in [0.29, 0.717) is 23.7 Å². The van der Waals surface area contributed by atoms with Crippen molar-refractivity contribution < 1.29 is 14.3 Å². The summed E-state index contributed by atoms with van der Waals surface area (Å²) in [7, 11) is 0. The van der Waals surface area contributed by atoms with Crippen LogP contribution in [0.5, 0.6) is 11.5 Å². The van der Waals surface area contributed by atoms with Crippen LogP contribution in [0.2, 0.25) is 0 Å². The van der Waals surface area contributed by atoms with Crippen molar-refractivity contribution in [3.63, 3.8) is 0 Å². The van der Waals surface area contributed by atoms with Gasteiger partial charge in [-0.1, -0.05) is 0 Å². The van der Waals surface area contributed by atoms with Crippen molar-refractivity contribution in [2.75, 3.05) is 13.2 Å². The third-order valence-electron chi connectivity index (χ3n) is 4.24. The summed E-state index contributed by atoms with van der Waals surface area (Å²) >= 11 is 1.53. The summed E-state index contributed by atoms with van der Waals surface area (Å²) in [6.45, 7) is 3.19. The standard InChI is InChI=1S/C19H19N3O3S/c1-12-4-5-14(11-20-12)25-17-9-16(22-15-6-8-26-18(15)17)19(23)21-10-13-3-2-7-24-13/h4-6,8-9,11,13H,2-3,7,10H2,1H3,(H,21,23). The molecule has 0 aromatic carbocycles. The van der Waals surface area contributed by atoms with Gasteiger partial charge in [-0.3, -0.25) is 9.78 Å². The Bertz CT molecular complexity index is 917. The summed E-state index contributed by atoms with van der Waals surface area (Å²) in [5, 5.41) is 4.84. The van der Waals surface area contributed by atoms with Crippen LogP contribution in [0.15, 0.2) is 35.8 Å². The number of rotatable bonds is 5. The number of aromatic nitrogens is 2. The van der Waals surface area contributed by atoms with Gasteiger partial charge in [0.15, 0.2) is 0 Å². The highest BCUT2D eigenvalue weighted by Gasteiger charge is 2.19. The number of pyridine rings is 2. The molecule has 1 saturated heterocycles. The molecule has 1 unspecified atom stereocenters. The zero-order valence-corrected chi connectivity index (χ0v) is 15.2. The predicted octanol–water partition coefficient (Wildman–Crippen LogP) is 3.70. The van der Waals surface area contributed by atoms with Crippen LogP contribution in [-0.4, -0.2) is 35.1 Å². The van der Waals surface area contributed by atoms with Crippen molar-refractivity contribution in [1.29, 1.82) is 0 Å². The Morgan fingerprint density at radius 3 is 3.12 bits per heavy atom. The van der Waals surface area contributed by atoms with Crippen LogP contribution in [-0.2, 0) is 4.74 Å². The van der Waals surface area contributed by atoms with Gasteiger partial charge in [0.1, 0.15) is 17.2 Å². The van der Waals surface area contributed by atoms with Crippen LogP contribution in [0, 0.1) is 6.92 Å². The van der Waals surface area contributed by atoms with Gasteiger partial charge in [-0.15, -0.1) is 11.3 Å². The lowest BCUT2D eigenvalue weighted by Gasteiger charge is -2.12. The molecule has 134 valence electrons. The Labute approximate surface area is 155 Å². The third-order valence-corrected chi connectivity index (χ3v) is 5.15. The number of carbonyl (C=O) groups is 1. The molecule has 7 heteroatoms. The maximum Gasteiger partial charge on any atom is 0.270 e. The van der Waals surface area contributed by atoms with E-state index < -0.39 is 0 Å². The summed E-state index contributed by atoms with van der Waals surface area (Å²) in [6.07, 6.45) is 3.79. The minimum Gasteiger partial charge on any atom is -0.454 e. The molecule has 3 aromatic rings. The number of ether oxygens (including phenoxy) is 2. The molecule has 4 rings (SSSR count). The molecular formula is C19H19N3O3S. The second-order valence-electron chi connectivity index (χ2n) is 6.22. The van der Waals surface area contributed by atoms with Crippen molar-refractivity contribution in [2.24, 2.45) is 0 Å². The smallest absolute Gasteiger partial charge is 0.270 e. The molecule has 0 radical (unpaired) electrons. The Kier molecular flexibility index (Phi) is 4.81. The number of nitrogens with zero attached hydrogens (tertiary/aromatic N) is 2. The predicted molar refractivity (Wildman–Crippen MR) is 100.0 cm³/mol. The molecule has 0 spiro atoms. The average Bonchev–Trinajstić information content (AvgIpc) is 3.33. The average molecular weight is 369 g/mol. The molecule has 3 aromatic heterocycles. The van der Waals surface area contributed by atoms with Crippen LogP contribution in [0.4, 0.5) is 0 Å². The monoisotopic (exact) mass is 369 g/mol. The molecular weight excluding hydrogens is 350 g/mol. The molecule has 6 nitrogen and oxygen atoms in total. The first kappa shape index (κ1) is 16.9. The van der Waals surface area contributed by atoms with Crippen LogP contribution in [0.3, 0.4) is 0 Å². The largest absolute Gasteiger partial charge is 0.454 e. The van der Waals surface area contributed by atoms with E-state index in [1.807, 2.05) is 30.5 Å². The number of nitrogens with one attached hydrogen (secondary N) is 1. The van der Waals surface area contributed by atoms with Gasteiger partial charge < -0.3 is 14.8 Å². The van der Waals surface area contributed by atoms with Crippen molar-refractivity contribution in [1.82, 2.24) is 15.3 Å². The summed E-state index contributed by atoms with van der Waals surface area (Å²) in [5.41, 5.74) is 2.00. The first-order chi connectivity index (χ1) is 12.7. The lowest BCUT2D eigenvalue weighted by molar-refractivity contribution is 0.0854. The Hall–Kier alpha value is -2.51. The summed E-state index contributed by atoms with van der Waals surface area (Å²) in [6, 6.07) is 7.32. The Morgan fingerprint density at radius 2 is 2.35 bits per heavy atom. The zero-order valence-electron chi connectivity index (χ0n) is 14.4. The normalized spacial score (nSPS) is 16.7. The van der Waals surface area contributed by atoms with Gasteiger partial charge in [0.05, 0.1) is 22.5 Å². The van der Waals surface area contributed by atoms with Crippen molar-refractivity contribution >= 4 is 27.5 Å². The Morgan fingerprint density at radius 1 is 1.42 bits per heavy atom. The van der Waals surface area contributed by atoms with Crippen LogP contribution >= 0.6 is 11.3 Å². The van der Waals surface area contributed by atoms with E-state index in [0.717, 1.165) is 35.4 Å². The second-order valence-corrected chi connectivity index (χ2v) is 7.14. The summed E-state index contributed by atoms with van der Waals surface area (Å²) < 4.78 is 12.4. The van der Waals surface area contributed by atoms with E-state index in [4.69, 9.17) is 9.47 Å². The maximum atomic E-state index is 12.5. The van der Waals surface area contributed by atoms with Gasteiger partial charge in [-0.25, -0.2) is 4.98 Å². The topological polar surface area (TPSA) is 73.3 Å². The lowest BCUT2D eigenvalue weighted by atomic mass is 10.2. The van der Waals surface area contributed by atoms with Crippen LogP contribution in [0.1, 0.15) is 29.0 Å². The third kappa shape index (κ3) is 3.68. The SMILES string of the molecule is Cc1ccc(Oc2cc(C(=O)NCC3CCCO3)nc3ccsc23)cn1. The van der Waals surface area contributed by atoms with Crippen molar-refractivity contribution in [3.8, 4) is 11.5 Å². The van der Waals surface area contributed by atoms with Crippen LogP contribution in [0.25, 0.3) is 10.2 Å². The molecule has 0 aliphatic carbocycles. The minimum atomic E-state index is -0.222. The molecule has 1 amide bonds. The molecule has 1 N–H and O–H groups in total. The van der Waals surface area contributed by atoms with Crippen molar-refractivity contribution in [2.45, 2.75) is 25.9 Å². The minimum absolute atomic E-state index is 0.0955. The number of hydrogen-bond acceptors (Lipinski definition) is 6. The number of aryl methyl sites for hydroxylation is 1. The number of fused-ring (bicyclic) bond motifs is 1. The highest BCUT2D eigenvalue weighted by Crippen LogP contribution is 2.33. The number of carbonyl (C=O) groups excluding carboxylic acids is 1. The quantitative estimate of drug-likeness (QED) is 0.742. The fourth-order valence-electron chi connectivity index (χ4n) is 2.86. The van der Waals surface area contributed by atoms with Crippen molar-refractivity contribution in [3.05, 3.63) is 47.2 Å². The van der Waals surface area contributed by atoms with E-state index in [-0.39, 0.29) is 12.0 Å². The number of hydrogen-bond donors (Lipinski definition) is 1. The zero-order chi connectivity index (χ0) is 17.9. The molecule has 0 saturated carbocycles. The van der Waals surface area contributed by atoms with Gasteiger partial charge in [0.2, 0.25) is 0 Å². The number of amides is 1. The van der Waals surface area contributed by atoms with E-state index in [1.165, 1.54) is 11.3 Å². The summed E-state index contributed by atoms with van der Waals surface area (Å²) in [5.74, 6) is 1.01. The fourth-order valence-corrected chi connectivity index (χ4v) is 3.65. The number of thiophene rings is 1. The first-order valence-electron chi connectivity index (χ1n) is 8.57. The van der Waals surface area contributed by atoms with Gasteiger partial charge in [-0.2, -0.15) is 0 Å². The molecule has 1 aliphatic heterocycles. The molecule has 1 aliphatic rings. The fraction of sp³-hybridized carbons (Fsp3) is 0.316. The summed E-state index contributed by atoms with van der Waals surface area (Å²) in [4.78, 5) is 21.2. The molecule has 0 bridgehead atoms. The molecule has 26 heavy (non-hydrogen) atoms. The molecule has 4 heterocycles. The van der Waals surface area contributed by atoms with Gasteiger partial charge in [0.25, 0.3) is 5.91 Å². The lowest BCUT2D eigenvalue weighted by Crippen LogP contribution is -2.32. The van der Waals surface area contributed by atoms with E-state index >= 15 is 0 Å². The Balaban J connectivity index is 1.57. The second kappa shape index (κ2) is 7.39. The van der Waals surface area contributed by atoms with Gasteiger partial charge >= 0.3 is 0 Å². The van der Waals surface area contributed by atoms with E-state index in [9.17, 15) is 4.79 Å². The van der Waals surface area contributed by atoms with E-state index in [1.54, 1.807) is 12.3 Å². The molecule has 1 atom stereocenters. The van der Waals surface area contributed by atoms with Gasteiger partial charge in [-0.05, 0) is 43.3 Å². The van der Waals surface area contributed by atoms with Gasteiger partial charge in [0, 0.05) is 24.9 Å². The highest BCUT2D eigenvalue weighted by molar-refractivity contribution is 7.17. The molecule has 1 fully saturated rings. The van der Waals surface area contributed by atoms with Crippen LogP contribution < -0.4 is 10.1 Å². The highest BCUT2D eigenvalue weighted by atomic mass is 32.1. The van der Waals surface area contributed by atoms with E-state index in [2.05, 4.69) is 15.3 Å². The first-order valence-corrected chi connectivity index (χ1v) is 9.45. The maximum absolute atomic E-state index is 12.5.